The number of nitrogens with two attached hydrogens (primary N) is 1. The number of ether oxygens (including phenoxy) is 1. The van der Waals surface area contributed by atoms with Crippen molar-refractivity contribution in [1.82, 2.24) is 0 Å². The lowest BCUT2D eigenvalue weighted by Gasteiger charge is -2.20. The minimum atomic E-state index is -0.235. The molecule has 1 aliphatic rings. The first-order chi connectivity index (χ1) is 9.65. The summed E-state index contributed by atoms with van der Waals surface area (Å²) in [4.78, 5) is 0. The molecule has 3 heteroatoms. The fourth-order valence-corrected chi connectivity index (χ4v) is 2.63. The largest absolute Gasteiger partial charge is 0.493 e. The van der Waals surface area contributed by atoms with Gasteiger partial charge < -0.3 is 10.5 Å². The molecule has 0 fully saturated rings. The molecule has 2 nitrogen and oxygen atoms in total. The van der Waals surface area contributed by atoms with Crippen molar-refractivity contribution in [2.45, 2.75) is 25.8 Å². The van der Waals surface area contributed by atoms with Crippen LogP contribution in [0.2, 0.25) is 0 Å². The maximum absolute atomic E-state index is 13.3. The first-order valence-electron chi connectivity index (χ1n) is 6.92. The van der Waals surface area contributed by atoms with Gasteiger partial charge in [-0.3, -0.25) is 0 Å². The zero-order chi connectivity index (χ0) is 14.1. The molecule has 2 aromatic rings. The van der Waals surface area contributed by atoms with Crippen LogP contribution in [0.15, 0.2) is 36.4 Å². The number of rotatable bonds is 2. The molecule has 2 aromatic carbocycles. The van der Waals surface area contributed by atoms with Crippen LogP contribution in [0.5, 0.6) is 5.75 Å². The van der Waals surface area contributed by atoms with Gasteiger partial charge in [0.15, 0.2) is 0 Å². The van der Waals surface area contributed by atoms with E-state index < -0.39 is 0 Å². The molecule has 1 unspecified atom stereocenters. The molecule has 0 radical (unpaired) electrons. The molecule has 3 rings (SSSR count). The molecule has 0 aromatic heterocycles. The predicted octanol–water partition coefficient (Wildman–Crippen LogP) is 3.51. The summed E-state index contributed by atoms with van der Waals surface area (Å²) in [6.45, 7) is 2.54. The Hall–Kier alpha value is -1.87. The van der Waals surface area contributed by atoms with Gasteiger partial charge in [0.1, 0.15) is 11.6 Å². The van der Waals surface area contributed by atoms with Crippen LogP contribution in [-0.4, -0.2) is 6.61 Å². The first-order valence-corrected chi connectivity index (χ1v) is 6.92. The molecule has 0 spiro atoms. The highest BCUT2D eigenvalue weighted by molar-refractivity contribution is 5.42. The van der Waals surface area contributed by atoms with Gasteiger partial charge in [-0.25, -0.2) is 4.39 Å². The Bertz CT molecular complexity index is 639. The predicted molar refractivity (Wildman–Crippen MR) is 77.4 cm³/mol. The van der Waals surface area contributed by atoms with Gasteiger partial charge in [0.2, 0.25) is 0 Å². The van der Waals surface area contributed by atoms with E-state index in [1.807, 2.05) is 18.2 Å². The summed E-state index contributed by atoms with van der Waals surface area (Å²) in [5.41, 5.74) is 10.1. The zero-order valence-electron chi connectivity index (χ0n) is 11.5. The van der Waals surface area contributed by atoms with Crippen LogP contribution in [0.1, 0.15) is 34.7 Å². The van der Waals surface area contributed by atoms with Crippen LogP contribution in [0.3, 0.4) is 0 Å². The number of aryl methyl sites for hydroxylation is 2. The molecule has 1 heterocycles. The van der Waals surface area contributed by atoms with E-state index in [4.69, 9.17) is 10.5 Å². The molecular weight excluding hydrogens is 253 g/mol. The topological polar surface area (TPSA) is 35.2 Å². The van der Waals surface area contributed by atoms with E-state index in [1.165, 1.54) is 11.6 Å². The summed E-state index contributed by atoms with van der Waals surface area (Å²) >= 11 is 0. The Morgan fingerprint density at radius 1 is 1.15 bits per heavy atom. The van der Waals surface area contributed by atoms with Gasteiger partial charge >= 0.3 is 0 Å². The van der Waals surface area contributed by atoms with E-state index in [-0.39, 0.29) is 11.9 Å². The summed E-state index contributed by atoms with van der Waals surface area (Å²) < 4.78 is 18.9. The number of hydrogen-bond acceptors (Lipinski definition) is 2. The molecule has 0 amide bonds. The Labute approximate surface area is 118 Å². The van der Waals surface area contributed by atoms with Crippen LogP contribution in [0, 0.1) is 12.7 Å². The van der Waals surface area contributed by atoms with Crippen molar-refractivity contribution in [3.05, 3.63) is 64.5 Å². The molecule has 104 valence electrons. The molecule has 1 aliphatic heterocycles. The van der Waals surface area contributed by atoms with E-state index in [0.29, 0.717) is 5.56 Å². The second-order valence-electron chi connectivity index (χ2n) is 5.31. The highest BCUT2D eigenvalue weighted by atomic mass is 19.1. The van der Waals surface area contributed by atoms with Gasteiger partial charge in [0.25, 0.3) is 0 Å². The van der Waals surface area contributed by atoms with Gasteiger partial charge in [-0.15, -0.1) is 0 Å². The van der Waals surface area contributed by atoms with Crippen LogP contribution in [0.4, 0.5) is 4.39 Å². The third kappa shape index (κ3) is 2.41. The van der Waals surface area contributed by atoms with Crippen molar-refractivity contribution < 1.29 is 9.13 Å². The summed E-state index contributed by atoms with van der Waals surface area (Å²) in [6, 6.07) is 10.9. The smallest absolute Gasteiger partial charge is 0.126 e. The Morgan fingerprint density at radius 3 is 2.70 bits per heavy atom. The van der Waals surface area contributed by atoms with Gasteiger partial charge in [-0.2, -0.15) is 0 Å². The summed E-state index contributed by atoms with van der Waals surface area (Å²) in [5.74, 6) is 0.766. The van der Waals surface area contributed by atoms with Gasteiger partial charge in [0.05, 0.1) is 12.6 Å². The quantitative estimate of drug-likeness (QED) is 0.907. The fourth-order valence-electron chi connectivity index (χ4n) is 2.63. The van der Waals surface area contributed by atoms with Crippen LogP contribution >= 0.6 is 0 Å². The summed E-state index contributed by atoms with van der Waals surface area (Å²) in [7, 11) is 0. The van der Waals surface area contributed by atoms with Crippen LogP contribution in [-0.2, 0) is 6.42 Å². The van der Waals surface area contributed by atoms with Crippen LogP contribution < -0.4 is 10.5 Å². The summed E-state index contributed by atoms with van der Waals surface area (Å²) in [6.07, 6.45) is 2.07. The van der Waals surface area contributed by atoms with Crippen molar-refractivity contribution in [1.29, 1.82) is 0 Å². The highest BCUT2D eigenvalue weighted by Gasteiger charge is 2.15. The third-order valence-corrected chi connectivity index (χ3v) is 3.83. The van der Waals surface area contributed by atoms with E-state index in [0.717, 1.165) is 36.3 Å². The Kier molecular flexibility index (Phi) is 3.45. The molecule has 20 heavy (non-hydrogen) atoms. The second-order valence-corrected chi connectivity index (χ2v) is 5.31. The second kappa shape index (κ2) is 5.25. The van der Waals surface area contributed by atoms with Crippen molar-refractivity contribution >= 4 is 0 Å². The minimum Gasteiger partial charge on any atom is -0.493 e. The van der Waals surface area contributed by atoms with Gasteiger partial charge in [0, 0.05) is 0 Å². The SMILES string of the molecule is Cc1cc(C(N)c2ccc3c(c2)CCCO3)ccc1F. The lowest BCUT2D eigenvalue weighted by Crippen LogP contribution is -2.14. The van der Waals surface area contributed by atoms with Crippen molar-refractivity contribution in [2.75, 3.05) is 6.61 Å². The minimum absolute atomic E-state index is 0.195. The van der Waals surface area contributed by atoms with Gasteiger partial charge in [-0.05, 0) is 54.2 Å². The third-order valence-electron chi connectivity index (χ3n) is 3.83. The van der Waals surface area contributed by atoms with E-state index >= 15 is 0 Å². The molecule has 0 saturated heterocycles. The number of fused-ring (bicyclic) bond motifs is 1. The Morgan fingerprint density at radius 2 is 1.90 bits per heavy atom. The van der Waals surface area contributed by atoms with E-state index in [2.05, 4.69) is 6.07 Å². The molecule has 1 atom stereocenters. The fraction of sp³-hybridized carbons (Fsp3) is 0.294. The highest BCUT2D eigenvalue weighted by Crippen LogP contribution is 2.29. The first kappa shape index (κ1) is 13.1. The molecule has 0 bridgehead atoms. The Balaban J connectivity index is 1.93. The average molecular weight is 271 g/mol. The van der Waals surface area contributed by atoms with Gasteiger partial charge in [-0.1, -0.05) is 24.3 Å². The van der Waals surface area contributed by atoms with Crippen molar-refractivity contribution in [3.63, 3.8) is 0 Å². The molecule has 0 saturated carbocycles. The van der Waals surface area contributed by atoms with Crippen LogP contribution in [0.25, 0.3) is 0 Å². The maximum Gasteiger partial charge on any atom is 0.126 e. The lowest BCUT2D eigenvalue weighted by atomic mass is 9.94. The number of hydrogen-bond donors (Lipinski definition) is 1. The zero-order valence-corrected chi connectivity index (χ0v) is 11.5. The van der Waals surface area contributed by atoms with Crippen molar-refractivity contribution in [2.24, 2.45) is 5.73 Å². The summed E-state index contributed by atoms with van der Waals surface area (Å²) in [5, 5.41) is 0. The number of halogens is 1. The monoisotopic (exact) mass is 271 g/mol. The molecule has 0 aliphatic carbocycles. The lowest BCUT2D eigenvalue weighted by molar-refractivity contribution is 0.288. The normalized spacial score (nSPS) is 15.3. The standard InChI is InChI=1S/C17H18FNO/c1-11-9-13(4-6-15(11)18)17(19)14-5-7-16-12(10-14)3-2-8-20-16/h4-7,9-10,17H,2-3,8,19H2,1H3. The van der Waals surface area contributed by atoms with Crippen molar-refractivity contribution in [3.8, 4) is 5.75 Å². The molecular formula is C17H18FNO. The van der Waals surface area contributed by atoms with E-state index in [9.17, 15) is 4.39 Å². The molecule has 2 N–H and O–H groups in total. The van der Waals surface area contributed by atoms with E-state index in [1.54, 1.807) is 13.0 Å². The average Bonchev–Trinajstić information content (AvgIpc) is 2.49. The maximum atomic E-state index is 13.3. The number of benzene rings is 2.